The van der Waals surface area contributed by atoms with E-state index in [9.17, 15) is 13.2 Å². The van der Waals surface area contributed by atoms with Crippen molar-refractivity contribution in [1.82, 2.24) is 0 Å². The highest BCUT2D eigenvalue weighted by Gasteiger charge is 2.28. The molecule has 5 nitrogen and oxygen atoms in total. The van der Waals surface area contributed by atoms with E-state index in [1.54, 1.807) is 18.2 Å². The van der Waals surface area contributed by atoms with E-state index >= 15 is 0 Å². The number of esters is 1. The normalized spacial score (nSPS) is 16.2. The predicted octanol–water partition coefficient (Wildman–Crippen LogP) is 1.04. The molecule has 0 aromatic heterocycles. The fourth-order valence-corrected chi connectivity index (χ4v) is 3.75. The molecule has 0 atom stereocenters. The Balaban J connectivity index is 2.29. The van der Waals surface area contributed by atoms with Crippen LogP contribution < -0.4 is 0 Å². The van der Waals surface area contributed by atoms with Crippen molar-refractivity contribution in [3.8, 4) is 0 Å². The molecule has 17 heavy (non-hydrogen) atoms. The van der Waals surface area contributed by atoms with Crippen molar-refractivity contribution in [2.24, 2.45) is 4.40 Å². The molecule has 0 spiro atoms. The van der Waals surface area contributed by atoms with E-state index in [2.05, 4.69) is 9.13 Å². The van der Waals surface area contributed by atoms with Crippen LogP contribution in [-0.4, -0.2) is 32.3 Å². The molecule has 0 N–H and O–H groups in total. The molecule has 0 saturated carbocycles. The first kappa shape index (κ1) is 12.1. The lowest BCUT2D eigenvalue weighted by atomic mass is 10.2. The molecule has 0 unspecified atom stereocenters. The number of hydrogen-bond acceptors (Lipinski definition) is 5. The topological polar surface area (TPSA) is 72.8 Å². The zero-order chi connectivity index (χ0) is 12.5. The van der Waals surface area contributed by atoms with Gasteiger partial charge in [0, 0.05) is 5.56 Å². The van der Waals surface area contributed by atoms with Crippen LogP contribution >= 0.6 is 11.8 Å². The summed E-state index contributed by atoms with van der Waals surface area (Å²) in [5, 5.41) is 0.339. The Hall–Kier alpha value is -1.34. The molecule has 7 heteroatoms. The third kappa shape index (κ3) is 2.34. The Kier molecular flexibility index (Phi) is 3.21. The maximum atomic E-state index is 11.7. The summed E-state index contributed by atoms with van der Waals surface area (Å²) in [4.78, 5) is 11.2. The number of ether oxygens (including phenoxy) is 1. The first-order chi connectivity index (χ1) is 8.04. The van der Waals surface area contributed by atoms with E-state index in [-0.39, 0.29) is 10.6 Å². The average Bonchev–Trinajstić information content (AvgIpc) is 2.59. The second-order valence-corrected chi connectivity index (χ2v) is 5.77. The van der Waals surface area contributed by atoms with Crippen LogP contribution in [0.3, 0.4) is 0 Å². The van der Waals surface area contributed by atoms with E-state index in [0.29, 0.717) is 10.6 Å². The minimum Gasteiger partial charge on any atom is -0.468 e. The van der Waals surface area contributed by atoms with Gasteiger partial charge in [0.05, 0.1) is 17.8 Å². The van der Waals surface area contributed by atoms with Crippen LogP contribution in [0.15, 0.2) is 33.6 Å². The Labute approximate surface area is 103 Å². The highest BCUT2D eigenvalue weighted by atomic mass is 32.2. The smallest absolute Gasteiger partial charge is 0.316 e. The predicted molar refractivity (Wildman–Crippen MR) is 64.6 cm³/mol. The summed E-state index contributed by atoms with van der Waals surface area (Å²) in [6.45, 7) is 0. The second kappa shape index (κ2) is 4.50. The van der Waals surface area contributed by atoms with Gasteiger partial charge in [-0.3, -0.25) is 4.79 Å². The molecule has 90 valence electrons. The van der Waals surface area contributed by atoms with Gasteiger partial charge in [0.1, 0.15) is 5.04 Å². The molecule has 0 saturated heterocycles. The van der Waals surface area contributed by atoms with Crippen LogP contribution in [-0.2, 0) is 19.6 Å². The average molecular weight is 271 g/mol. The van der Waals surface area contributed by atoms with Crippen LogP contribution in [0.5, 0.6) is 0 Å². The lowest BCUT2D eigenvalue weighted by molar-refractivity contribution is -0.137. The molecule has 1 aromatic carbocycles. The number of methoxy groups -OCH3 is 1. The monoisotopic (exact) mass is 271 g/mol. The highest BCUT2D eigenvalue weighted by Crippen LogP contribution is 2.30. The number of hydrogen-bond donors (Lipinski definition) is 0. The molecule has 2 rings (SSSR count). The number of sulfonamides is 1. The van der Waals surface area contributed by atoms with Gasteiger partial charge in [0.25, 0.3) is 10.0 Å². The minimum absolute atomic E-state index is 0.0409. The Morgan fingerprint density at radius 2 is 2.12 bits per heavy atom. The molecule has 1 aliphatic heterocycles. The van der Waals surface area contributed by atoms with E-state index in [4.69, 9.17) is 0 Å². The number of carbonyl (C=O) groups excluding carboxylic acids is 1. The van der Waals surface area contributed by atoms with Gasteiger partial charge in [-0.05, 0) is 6.07 Å². The maximum Gasteiger partial charge on any atom is 0.316 e. The van der Waals surface area contributed by atoms with E-state index < -0.39 is 16.0 Å². The molecule has 1 aliphatic rings. The summed E-state index contributed by atoms with van der Waals surface area (Å²) in [5.74, 6) is -0.376. The fourth-order valence-electron chi connectivity index (χ4n) is 1.37. The van der Waals surface area contributed by atoms with Crippen molar-refractivity contribution in [3.05, 3.63) is 29.8 Å². The minimum atomic E-state index is -3.59. The molecule has 0 radical (unpaired) electrons. The summed E-state index contributed by atoms with van der Waals surface area (Å²) in [6, 6.07) is 6.54. The van der Waals surface area contributed by atoms with Gasteiger partial charge in [-0.1, -0.05) is 30.0 Å². The standard InChI is InChI=1S/C10H9NO4S2/c1-15-9(12)6-16-10-7-4-2-3-5-8(7)17(13,14)11-10/h2-5H,6H2,1H3. The zero-order valence-corrected chi connectivity index (χ0v) is 10.5. The molecule has 0 bridgehead atoms. The summed E-state index contributed by atoms with van der Waals surface area (Å²) in [6.07, 6.45) is 0. The van der Waals surface area contributed by atoms with Gasteiger partial charge in [-0.25, -0.2) is 0 Å². The number of fused-ring (bicyclic) bond motifs is 1. The van der Waals surface area contributed by atoms with Gasteiger partial charge < -0.3 is 4.74 Å². The van der Waals surface area contributed by atoms with Crippen molar-refractivity contribution in [1.29, 1.82) is 0 Å². The van der Waals surface area contributed by atoms with E-state index in [0.717, 1.165) is 11.8 Å². The van der Waals surface area contributed by atoms with Gasteiger partial charge in [-0.15, -0.1) is 0 Å². The number of benzene rings is 1. The summed E-state index contributed by atoms with van der Waals surface area (Å²) in [5.41, 5.74) is 0.543. The Bertz CT molecular complexity index is 592. The highest BCUT2D eigenvalue weighted by molar-refractivity contribution is 8.15. The number of nitrogens with zero attached hydrogens (tertiary/aromatic N) is 1. The van der Waals surface area contributed by atoms with E-state index in [1.807, 2.05) is 0 Å². The van der Waals surface area contributed by atoms with Crippen molar-refractivity contribution < 1.29 is 17.9 Å². The zero-order valence-electron chi connectivity index (χ0n) is 8.91. The SMILES string of the molecule is COC(=O)CSC1=NS(=O)(=O)c2ccccc21. The van der Waals surface area contributed by atoms with Gasteiger partial charge in [0.15, 0.2) is 0 Å². The van der Waals surface area contributed by atoms with Crippen molar-refractivity contribution in [2.75, 3.05) is 12.9 Å². The summed E-state index contributed by atoms with van der Waals surface area (Å²) < 4.78 is 31.4. The van der Waals surface area contributed by atoms with Crippen LogP contribution in [0.4, 0.5) is 0 Å². The Morgan fingerprint density at radius 1 is 1.41 bits per heavy atom. The molecule has 0 aliphatic carbocycles. The molecule has 0 fully saturated rings. The molecular weight excluding hydrogens is 262 g/mol. The molecule has 0 amide bonds. The third-order valence-corrected chi connectivity index (χ3v) is 4.57. The Morgan fingerprint density at radius 3 is 2.82 bits per heavy atom. The van der Waals surface area contributed by atoms with Crippen molar-refractivity contribution in [2.45, 2.75) is 4.90 Å². The first-order valence-corrected chi connectivity index (χ1v) is 7.11. The van der Waals surface area contributed by atoms with Gasteiger partial charge in [-0.2, -0.15) is 12.8 Å². The first-order valence-electron chi connectivity index (χ1n) is 4.68. The summed E-state index contributed by atoms with van der Waals surface area (Å²) in [7, 11) is -2.31. The lowest BCUT2D eigenvalue weighted by Crippen LogP contribution is -2.06. The lowest BCUT2D eigenvalue weighted by Gasteiger charge is -2.00. The summed E-state index contributed by atoms with van der Waals surface area (Å²) >= 11 is 1.06. The molecule has 1 aromatic rings. The number of carbonyl (C=O) groups is 1. The van der Waals surface area contributed by atoms with Crippen molar-refractivity contribution >= 4 is 32.8 Å². The molecule has 1 heterocycles. The van der Waals surface area contributed by atoms with Crippen LogP contribution in [0.1, 0.15) is 5.56 Å². The number of rotatable bonds is 2. The largest absolute Gasteiger partial charge is 0.468 e. The van der Waals surface area contributed by atoms with Gasteiger partial charge >= 0.3 is 5.97 Å². The van der Waals surface area contributed by atoms with Crippen LogP contribution in [0.25, 0.3) is 0 Å². The quantitative estimate of drug-likeness (QED) is 0.751. The maximum absolute atomic E-state index is 11.7. The van der Waals surface area contributed by atoms with Crippen molar-refractivity contribution in [3.63, 3.8) is 0 Å². The fraction of sp³-hybridized carbons (Fsp3) is 0.200. The molecular formula is C10H9NO4S2. The van der Waals surface area contributed by atoms with Crippen LogP contribution in [0.2, 0.25) is 0 Å². The van der Waals surface area contributed by atoms with Crippen LogP contribution in [0, 0.1) is 0 Å². The van der Waals surface area contributed by atoms with E-state index in [1.165, 1.54) is 13.2 Å². The van der Waals surface area contributed by atoms with Gasteiger partial charge in [0.2, 0.25) is 0 Å². The third-order valence-electron chi connectivity index (χ3n) is 2.15. The second-order valence-electron chi connectivity index (χ2n) is 3.23. The number of thioether (sulfide) groups is 1.